The van der Waals surface area contributed by atoms with Gasteiger partial charge in [-0.1, -0.05) is 30.5 Å². The van der Waals surface area contributed by atoms with E-state index in [4.69, 9.17) is 4.74 Å². The van der Waals surface area contributed by atoms with Crippen molar-refractivity contribution in [1.82, 2.24) is 9.88 Å². The van der Waals surface area contributed by atoms with Crippen LogP contribution in [0.15, 0.2) is 60.9 Å². The number of aryl methyl sites for hydroxylation is 1. The summed E-state index contributed by atoms with van der Waals surface area (Å²) < 4.78 is 128. The third-order valence-electron chi connectivity index (χ3n) is 7.17. The average Bonchev–Trinajstić information content (AvgIpc) is 3.22. The summed E-state index contributed by atoms with van der Waals surface area (Å²) in [5.74, 6) is 0.169. The predicted octanol–water partition coefficient (Wildman–Crippen LogP) is 9.62. The normalized spacial score (nSPS) is 17.6. The van der Waals surface area contributed by atoms with E-state index in [1.807, 2.05) is 0 Å². The van der Waals surface area contributed by atoms with E-state index in [0.717, 1.165) is 17.0 Å². The Balaban J connectivity index is 1.78. The van der Waals surface area contributed by atoms with E-state index in [-0.39, 0.29) is 35.3 Å². The predicted molar refractivity (Wildman–Crippen MR) is 148 cm³/mol. The SMILES string of the molecule is C=C(O)CCc1ccc(OC)c(-c2ccc(C(F)(F)F)nc2CN2C(=O)S[C@H](c3cc(C(F)(F)F)cc(C(F)(F)F)c3)[C@@H]2C)c1. The van der Waals surface area contributed by atoms with E-state index >= 15 is 0 Å². The second-order valence-corrected chi connectivity index (χ2v) is 11.4. The van der Waals surface area contributed by atoms with Gasteiger partial charge in [-0.05, 0) is 60.9 Å². The van der Waals surface area contributed by atoms with Crippen LogP contribution in [0.5, 0.6) is 5.75 Å². The van der Waals surface area contributed by atoms with E-state index in [1.165, 1.54) is 14.0 Å². The van der Waals surface area contributed by atoms with Crippen LogP contribution in [0.1, 0.15) is 52.2 Å². The molecule has 2 heterocycles. The maximum atomic E-state index is 13.7. The molecule has 242 valence electrons. The number of allylic oxidation sites excluding steroid dienone is 1. The Kier molecular flexibility index (Phi) is 9.44. The molecule has 15 heteroatoms. The third-order valence-corrected chi connectivity index (χ3v) is 8.53. The number of benzene rings is 2. The number of hydrogen-bond acceptors (Lipinski definition) is 5. The molecule has 2 aromatic carbocycles. The van der Waals surface area contributed by atoms with Crippen molar-refractivity contribution in [2.75, 3.05) is 7.11 Å². The summed E-state index contributed by atoms with van der Waals surface area (Å²) >= 11 is 0.469. The maximum absolute atomic E-state index is 13.7. The number of aliphatic hydroxyl groups is 1. The number of ether oxygens (including phenoxy) is 1. The smallest absolute Gasteiger partial charge is 0.433 e. The summed E-state index contributed by atoms with van der Waals surface area (Å²) in [5, 5.41) is 7.51. The first kappa shape index (κ1) is 34.0. The molecule has 5 nitrogen and oxygen atoms in total. The Hall–Kier alpha value is -3.88. The van der Waals surface area contributed by atoms with Crippen molar-refractivity contribution in [2.45, 2.75) is 56.1 Å². The van der Waals surface area contributed by atoms with Gasteiger partial charge in [0.05, 0.1) is 41.5 Å². The van der Waals surface area contributed by atoms with Crippen LogP contribution < -0.4 is 4.74 Å². The van der Waals surface area contributed by atoms with Gasteiger partial charge in [0.2, 0.25) is 0 Å². The Morgan fingerprint density at radius 3 is 2.09 bits per heavy atom. The van der Waals surface area contributed by atoms with Crippen LogP contribution >= 0.6 is 11.8 Å². The van der Waals surface area contributed by atoms with Crippen molar-refractivity contribution in [3.8, 4) is 16.9 Å². The van der Waals surface area contributed by atoms with Crippen LogP contribution in [0.2, 0.25) is 0 Å². The molecule has 0 bridgehead atoms. The van der Waals surface area contributed by atoms with Crippen molar-refractivity contribution in [2.24, 2.45) is 0 Å². The van der Waals surface area contributed by atoms with Crippen LogP contribution in [-0.2, 0) is 31.5 Å². The first-order valence-electron chi connectivity index (χ1n) is 13.2. The first-order chi connectivity index (χ1) is 20.8. The zero-order chi connectivity index (χ0) is 33.5. The van der Waals surface area contributed by atoms with Crippen LogP contribution in [-0.4, -0.2) is 33.4 Å². The van der Waals surface area contributed by atoms with Gasteiger partial charge in [-0.25, -0.2) is 4.98 Å². The summed E-state index contributed by atoms with van der Waals surface area (Å²) in [6.07, 6.45) is -14.6. The molecule has 1 amide bonds. The Morgan fingerprint density at radius 2 is 1.56 bits per heavy atom. The van der Waals surface area contributed by atoms with Crippen molar-refractivity contribution in [3.05, 3.63) is 94.5 Å². The number of amides is 1. The number of aromatic nitrogens is 1. The van der Waals surface area contributed by atoms with E-state index in [1.54, 1.807) is 18.2 Å². The molecule has 0 saturated carbocycles. The molecule has 2 atom stereocenters. The molecular formula is C30H25F9N2O3S. The number of aliphatic hydroxyl groups excluding tert-OH is 1. The molecule has 3 aromatic rings. The molecule has 1 aliphatic rings. The number of hydrogen-bond donors (Lipinski definition) is 1. The van der Waals surface area contributed by atoms with Gasteiger partial charge in [-0.3, -0.25) is 4.79 Å². The summed E-state index contributed by atoms with van der Waals surface area (Å²) in [4.78, 5) is 18.0. The standard InChI is InChI=1S/C30H25F9N2O3S/c1-15(42)4-5-17-6-8-24(44-3)22(10-17)21-7-9-25(30(37,38)39)40-23(21)14-41-16(2)26(45-27(41)43)18-11-19(28(31,32)33)13-20(12-18)29(34,35)36/h6-13,16,26,42H,1,4-5,14H2,2-3H3/t16-,26-/m0/s1. The fraction of sp³-hybridized carbons (Fsp3) is 0.333. The lowest BCUT2D eigenvalue weighted by molar-refractivity contribution is -0.143. The van der Waals surface area contributed by atoms with Gasteiger partial charge in [0, 0.05) is 23.6 Å². The van der Waals surface area contributed by atoms with Crippen LogP contribution in [0.4, 0.5) is 44.3 Å². The number of methoxy groups -OCH3 is 1. The zero-order valence-corrected chi connectivity index (χ0v) is 24.4. The fourth-order valence-electron chi connectivity index (χ4n) is 4.90. The minimum Gasteiger partial charge on any atom is -0.513 e. The van der Waals surface area contributed by atoms with Crippen LogP contribution in [0, 0.1) is 0 Å². The molecule has 0 aliphatic carbocycles. The Morgan fingerprint density at radius 1 is 0.933 bits per heavy atom. The van der Waals surface area contributed by atoms with Gasteiger partial charge in [-0.2, -0.15) is 39.5 Å². The van der Waals surface area contributed by atoms with Crippen molar-refractivity contribution in [1.29, 1.82) is 0 Å². The summed E-state index contributed by atoms with van der Waals surface area (Å²) in [6, 6.07) is 6.75. The van der Waals surface area contributed by atoms with Gasteiger partial charge in [0.25, 0.3) is 5.24 Å². The maximum Gasteiger partial charge on any atom is 0.433 e. The largest absolute Gasteiger partial charge is 0.513 e. The number of rotatable bonds is 8. The highest BCUT2D eigenvalue weighted by molar-refractivity contribution is 8.14. The second-order valence-electron chi connectivity index (χ2n) is 10.3. The number of pyridine rings is 1. The van der Waals surface area contributed by atoms with Crippen molar-refractivity contribution in [3.63, 3.8) is 0 Å². The molecule has 0 unspecified atom stereocenters. The number of nitrogens with zero attached hydrogens (tertiary/aromatic N) is 2. The lowest BCUT2D eigenvalue weighted by Crippen LogP contribution is -2.32. The molecule has 1 aromatic heterocycles. The van der Waals surface area contributed by atoms with E-state index in [2.05, 4.69) is 11.6 Å². The summed E-state index contributed by atoms with van der Waals surface area (Å²) in [7, 11) is 1.34. The second kappa shape index (κ2) is 12.5. The summed E-state index contributed by atoms with van der Waals surface area (Å²) in [5.41, 5.74) is -3.89. The van der Waals surface area contributed by atoms with Gasteiger partial charge >= 0.3 is 18.5 Å². The number of thioether (sulfide) groups is 1. The number of carbonyl (C=O) groups is 1. The topological polar surface area (TPSA) is 62.7 Å². The lowest BCUT2D eigenvalue weighted by Gasteiger charge is -2.26. The molecule has 1 aliphatic heterocycles. The highest BCUT2D eigenvalue weighted by atomic mass is 32.2. The minimum atomic E-state index is -5.11. The molecule has 1 fully saturated rings. The Bertz CT molecular complexity index is 1570. The number of halogens is 9. The lowest BCUT2D eigenvalue weighted by atomic mass is 9.97. The molecular weight excluding hydrogens is 639 g/mol. The van der Waals surface area contributed by atoms with Gasteiger partial charge in [-0.15, -0.1) is 0 Å². The van der Waals surface area contributed by atoms with Gasteiger partial charge in [0.15, 0.2) is 0 Å². The highest BCUT2D eigenvalue weighted by Gasteiger charge is 2.43. The highest BCUT2D eigenvalue weighted by Crippen LogP contribution is 2.47. The number of alkyl halides is 9. The van der Waals surface area contributed by atoms with Crippen molar-refractivity contribution >= 4 is 17.0 Å². The van der Waals surface area contributed by atoms with E-state index < -0.39 is 64.0 Å². The monoisotopic (exact) mass is 664 g/mol. The quantitative estimate of drug-likeness (QED) is 0.192. The molecule has 4 rings (SSSR count). The van der Waals surface area contributed by atoms with E-state index in [0.29, 0.717) is 41.4 Å². The Labute approximate surface area is 255 Å². The fourth-order valence-corrected chi connectivity index (χ4v) is 6.10. The molecule has 45 heavy (non-hydrogen) atoms. The summed E-state index contributed by atoms with van der Waals surface area (Å²) in [6.45, 7) is 4.26. The zero-order valence-electron chi connectivity index (χ0n) is 23.6. The molecule has 1 saturated heterocycles. The molecule has 0 radical (unpaired) electrons. The van der Waals surface area contributed by atoms with Gasteiger partial charge < -0.3 is 14.7 Å². The van der Waals surface area contributed by atoms with Gasteiger partial charge in [0.1, 0.15) is 11.4 Å². The van der Waals surface area contributed by atoms with Crippen LogP contribution in [0.25, 0.3) is 11.1 Å². The van der Waals surface area contributed by atoms with E-state index in [9.17, 15) is 49.4 Å². The molecule has 1 N–H and O–H groups in total. The van der Waals surface area contributed by atoms with Crippen LogP contribution in [0.3, 0.4) is 0 Å². The average molecular weight is 665 g/mol. The minimum absolute atomic E-state index is 0.0237. The first-order valence-corrected chi connectivity index (χ1v) is 14.1. The third kappa shape index (κ3) is 7.68. The van der Waals surface area contributed by atoms with Crippen molar-refractivity contribution < 1.29 is 54.2 Å². The number of carbonyl (C=O) groups excluding carboxylic acids is 1. The molecule has 0 spiro atoms.